The maximum atomic E-state index is 12.9. The fraction of sp³-hybridized carbons (Fsp3) is 0.565. The van der Waals surface area contributed by atoms with Gasteiger partial charge >= 0.3 is 0 Å². The maximum Gasteiger partial charge on any atom is 0.225 e. The van der Waals surface area contributed by atoms with Gasteiger partial charge in [0.15, 0.2) is 0 Å². The molecule has 3 fully saturated rings. The van der Waals surface area contributed by atoms with Crippen LogP contribution in [0.2, 0.25) is 0 Å². The van der Waals surface area contributed by atoms with Crippen LogP contribution in [0.3, 0.4) is 0 Å². The Morgan fingerprint density at radius 2 is 1.76 bits per heavy atom. The van der Waals surface area contributed by atoms with Crippen LogP contribution < -0.4 is 10.6 Å². The van der Waals surface area contributed by atoms with E-state index in [1.54, 1.807) is 0 Å². The predicted molar refractivity (Wildman–Crippen MR) is 118 cm³/mol. The molecular formula is C23H31ClN4O. The first-order valence-corrected chi connectivity index (χ1v) is 11.0. The fourth-order valence-corrected chi connectivity index (χ4v) is 5.47. The Bertz CT molecular complexity index is 819. The summed E-state index contributed by atoms with van der Waals surface area (Å²) in [5.74, 6) is 1.97. The monoisotopic (exact) mass is 414 g/mol. The molecule has 1 aliphatic carbocycles. The summed E-state index contributed by atoms with van der Waals surface area (Å²) < 4.78 is 1.91. The second-order valence-corrected chi connectivity index (χ2v) is 8.91. The highest BCUT2D eigenvalue weighted by molar-refractivity contribution is 5.90. The van der Waals surface area contributed by atoms with Crippen molar-refractivity contribution < 1.29 is 4.79 Å². The van der Waals surface area contributed by atoms with Crippen molar-refractivity contribution in [3.63, 3.8) is 0 Å². The van der Waals surface area contributed by atoms with Crippen molar-refractivity contribution in [1.82, 2.24) is 15.1 Å². The van der Waals surface area contributed by atoms with Gasteiger partial charge in [0.1, 0.15) is 5.82 Å². The lowest BCUT2D eigenvalue weighted by molar-refractivity contribution is -0.117. The number of anilines is 1. The number of carbonyl (C=O) groups is 1. The summed E-state index contributed by atoms with van der Waals surface area (Å²) in [4.78, 5) is 12.9. The Morgan fingerprint density at radius 1 is 1.07 bits per heavy atom. The summed E-state index contributed by atoms with van der Waals surface area (Å²) in [5, 5.41) is 11.7. The number of para-hydroxylation sites is 1. The summed E-state index contributed by atoms with van der Waals surface area (Å²) in [6.07, 6.45) is 10.4. The van der Waals surface area contributed by atoms with Crippen LogP contribution >= 0.6 is 12.4 Å². The van der Waals surface area contributed by atoms with E-state index in [-0.39, 0.29) is 18.3 Å². The van der Waals surface area contributed by atoms with E-state index in [1.807, 2.05) is 35.0 Å². The van der Waals surface area contributed by atoms with Crippen LogP contribution in [0.15, 0.2) is 36.4 Å². The van der Waals surface area contributed by atoms with Gasteiger partial charge in [0.2, 0.25) is 5.91 Å². The van der Waals surface area contributed by atoms with E-state index in [9.17, 15) is 4.79 Å². The van der Waals surface area contributed by atoms with Gasteiger partial charge in [-0.2, -0.15) is 5.10 Å². The van der Waals surface area contributed by atoms with Gasteiger partial charge in [-0.3, -0.25) is 4.79 Å². The molecule has 2 aromatic rings. The number of carbonyl (C=O) groups excluding carboxylic acids is 1. The minimum absolute atomic E-state index is 0. The summed E-state index contributed by atoms with van der Waals surface area (Å²) in [7, 11) is 0. The number of piperidine rings is 1. The van der Waals surface area contributed by atoms with Crippen LogP contribution in [0.4, 0.5) is 5.82 Å². The van der Waals surface area contributed by atoms with Crippen LogP contribution in [0.5, 0.6) is 0 Å². The second kappa shape index (κ2) is 8.88. The molecule has 2 unspecified atom stereocenters. The van der Waals surface area contributed by atoms with Crippen LogP contribution in [-0.2, 0) is 4.79 Å². The molecule has 29 heavy (non-hydrogen) atoms. The number of nitrogens with zero attached hydrogens (tertiary/aromatic N) is 2. The largest absolute Gasteiger partial charge is 0.311 e. The lowest BCUT2D eigenvalue weighted by atomic mass is 9.89. The molecule has 0 spiro atoms. The molecule has 1 amide bonds. The topological polar surface area (TPSA) is 59.0 Å². The number of amides is 1. The first-order chi connectivity index (χ1) is 13.7. The van der Waals surface area contributed by atoms with E-state index in [1.165, 1.54) is 38.5 Å². The Morgan fingerprint density at radius 3 is 2.45 bits per heavy atom. The normalized spacial score (nSPS) is 26.3. The Balaban J connectivity index is 0.00000205. The highest BCUT2D eigenvalue weighted by atomic mass is 35.5. The number of aromatic nitrogens is 2. The summed E-state index contributed by atoms with van der Waals surface area (Å²) in [6, 6.07) is 13.5. The quantitative estimate of drug-likeness (QED) is 0.737. The SMILES string of the molecule is Cl.O=C(CC1CC2CCC(C1)N2)Nc1cc(C2CCCC2)nn1-c1ccccc1. The van der Waals surface area contributed by atoms with Crippen molar-refractivity contribution in [2.45, 2.75) is 75.8 Å². The Hall–Kier alpha value is -1.85. The van der Waals surface area contributed by atoms with Crippen molar-refractivity contribution >= 4 is 24.1 Å². The predicted octanol–water partition coefficient (Wildman–Crippen LogP) is 4.81. The lowest BCUT2D eigenvalue weighted by Gasteiger charge is -2.28. The molecule has 6 heteroatoms. The third kappa shape index (κ3) is 4.51. The molecule has 2 saturated heterocycles. The van der Waals surface area contributed by atoms with Gasteiger partial charge in [0, 0.05) is 30.5 Å². The van der Waals surface area contributed by atoms with Crippen LogP contribution in [-0.4, -0.2) is 27.8 Å². The van der Waals surface area contributed by atoms with Crippen molar-refractivity contribution in [3.8, 4) is 5.69 Å². The number of fused-ring (bicyclic) bond motifs is 2. The summed E-state index contributed by atoms with van der Waals surface area (Å²) in [5.41, 5.74) is 2.12. The van der Waals surface area contributed by atoms with E-state index < -0.39 is 0 Å². The first kappa shape index (κ1) is 20.4. The van der Waals surface area contributed by atoms with Crippen molar-refractivity contribution in [3.05, 3.63) is 42.1 Å². The molecule has 1 aromatic carbocycles. The van der Waals surface area contributed by atoms with E-state index in [2.05, 4.69) is 16.7 Å². The molecule has 1 aromatic heterocycles. The van der Waals surface area contributed by atoms with E-state index >= 15 is 0 Å². The average Bonchev–Trinajstić information content (AvgIpc) is 3.43. The average molecular weight is 415 g/mol. The van der Waals surface area contributed by atoms with Gasteiger partial charge in [-0.05, 0) is 56.6 Å². The van der Waals surface area contributed by atoms with Crippen LogP contribution in [0.25, 0.3) is 5.69 Å². The number of halogens is 1. The zero-order valence-electron chi connectivity index (χ0n) is 16.8. The van der Waals surface area contributed by atoms with Gasteiger partial charge in [-0.1, -0.05) is 31.0 Å². The minimum Gasteiger partial charge on any atom is -0.311 e. The molecule has 5 nitrogen and oxygen atoms in total. The highest BCUT2D eigenvalue weighted by Crippen LogP contribution is 2.36. The van der Waals surface area contributed by atoms with Crippen LogP contribution in [0, 0.1) is 5.92 Å². The maximum absolute atomic E-state index is 12.9. The molecule has 5 rings (SSSR count). The number of rotatable bonds is 5. The van der Waals surface area contributed by atoms with E-state index in [4.69, 9.17) is 5.10 Å². The van der Waals surface area contributed by atoms with Crippen molar-refractivity contribution in [2.24, 2.45) is 5.92 Å². The molecule has 2 N–H and O–H groups in total. The number of hydrogen-bond acceptors (Lipinski definition) is 3. The Labute approximate surface area is 179 Å². The van der Waals surface area contributed by atoms with Crippen LogP contribution in [0.1, 0.15) is 69.4 Å². The molecule has 3 aliphatic rings. The standard InChI is InChI=1S/C23H30N4O.ClH/c28-23(14-16-12-18-10-11-19(13-16)24-18)25-22-15-21(17-6-4-5-7-17)26-27(22)20-8-2-1-3-9-20;/h1-3,8-9,15-19,24H,4-7,10-14H2,(H,25,28);1H. The molecule has 3 heterocycles. The summed E-state index contributed by atoms with van der Waals surface area (Å²) >= 11 is 0. The van der Waals surface area contributed by atoms with Crippen molar-refractivity contribution in [2.75, 3.05) is 5.32 Å². The molecule has 0 radical (unpaired) electrons. The van der Waals surface area contributed by atoms with E-state index in [0.29, 0.717) is 30.3 Å². The van der Waals surface area contributed by atoms with Gasteiger partial charge in [0.25, 0.3) is 0 Å². The van der Waals surface area contributed by atoms with Gasteiger partial charge in [-0.15, -0.1) is 12.4 Å². The van der Waals surface area contributed by atoms with Gasteiger partial charge in [0.05, 0.1) is 11.4 Å². The molecule has 1 saturated carbocycles. The smallest absolute Gasteiger partial charge is 0.225 e. The molecule has 156 valence electrons. The summed E-state index contributed by atoms with van der Waals surface area (Å²) in [6.45, 7) is 0. The number of benzene rings is 1. The molecule has 2 aliphatic heterocycles. The minimum atomic E-state index is 0. The third-order valence-electron chi connectivity index (χ3n) is 6.81. The second-order valence-electron chi connectivity index (χ2n) is 8.91. The van der Waals surface area contributed by atoms with Crippen molar-refractivity contribution in [1.29, 1.82) is 0 Å². The molecule has 2 bridgehead atoms. The van der Waals surface area contributed by atoms with E-state index in [0.717, 1.165) is 30.0 Å². The fourth-order valence-electron chi connectivity index (χ4n) is 5.47. The lowest BCUT2D eigenvalue weighted by Crippen LogP contribution is -2.39. The number of nitrogens with one attached hydrogen (secondary N) is 2. The highest BCUT2D eigenvalue weighted by Gasteiger charge is 2.34. The van der Waals surface area contributed by atoms with Gasteiger partial charge < -0.3 is 10.6 Å². The Kier molecular flexibility index (Phi) is 6.26. The number of hydrogen-bond donors (Lipinski definition) is 2. The zero-order valence-corrected chi connectivity index (χ0v) is 17.7. The van der Waals surface area contributed by atoms with Gasteiger partial charge in [-0.25, -0.2) is 4.68 Å². The first-order valence-electron chi connectivity index (χ1n) is 11.0. The zero-order chi connectivity index (χ0) is 18.9. The molecular weight excluding hydrogens is 384 g/mol. The molecule has 2 atom stereocenters. The third-order valence-corrected chi connectivity index (χ3v) is 6.81.